The van der Waals surface area contributed by atoms with Gasteiger partial charge in [0.15, 0.2) is 0 Å². The number of thioether (sulfide) groups is 1. The molecule has 0 aliphatic carbocycles. The van der Waals surface area contributed by atoms with E-state index in [0.29, 0.717) is 4.90 Å². The number of nitrogens with zero attached hydrogens (tertiary/aromatic N) is 1. The third kappa shape index (κ3) is 4.06. The maximum atomic E-state index is 11.0. The molecular weight excluding hydrogens is 284 g/mol. The van der Waals surface area contributed by atoms with Crippen LogP contribution in [0.1, 0.15) is 17.2 Å². The third-order valence-corrected chi connectivity index (χ3v) is 4.45. The second kappa shape index (κ2) is 7.24. The smallest absolute Gasteiger partial charge is 0.282 e. The zero-order chi connectivity index (χ0) is 15.2. The first-order valence-corrected chi connectivity index (χ1v) is 7.70. The minimum atomic E-state index is -0.331. The maximum Gasteiger partial charge on any atom is 0.282 e. The number of benzene rings is 2. The number of para-hydroxylation sites is 1. The van der Waals surface area contributed by atoms with Gasteiger partial charge < -0.3 is 5.32 Å². The summed E-state index contributed by atoms with van der Waals surface area (Å²) in [5.41, 5.74) is 2.58. The number of nitro groups is 1. The molecule has 0 saturated carbocycles. The number of aryl methyl sites for hydroxylation is 1. The fourth-order valence-corrected chi connectivity index (χ4v) is 3.22. The van der Waals surface area contributed by atoms with Crippen molar-refractivity contribution < 1.29 is 4.92 Å². The van der Waals surface area contributed by atoms with E-state index in [1.165, 1.54) is 22.9 Å². The lowest BCUT2D eigenvalue weighted by Gasteiger charge is -2.16. The predicted molar refractivity (Wildman–Crippen MR) is 86.8 cm³/mol. The van der Waals surface area contributed by atoms with Crippen LogP contribution in [0.5, 0.6) is 0 Å². The fraction of sp³-hybridized carbons (Fsp3) is 0.250. The molecule has 2 aromatic carbocycles. The van der Waals surface area contributed by atoms with E-state index in [-0.39, 0.29) is 16.7 Å². The number of rotatable bonds is 6. The third-order valence-electron chi connectivity index (χ3n) is 3.30. The molecule has 0 radical (unpaired) electrons. The van der Waals surface area contributed by atoms with Gasteiger partial charge in [-0.25, -0.2) is 0 Å². The zero-order valence-electron chi connectivity index (χ0n) is 12.1. The summed E-state index contributed by atoms with van der Waals surface area (Å²) in [5.74, 6) is 0.740. The molecular formula is C16H18N2O2S. The normalized spacial score (nSPS) is 12.1. The molecule has 110 valence electrons. The second-order valence-corrected chi connectivity index (χ2v) is 5.85. The molecule has 0 bridgehead atoms. The van der Waals surface area contributed by atoms with E-state index in [2.05, 4.69) is 36.5 Å². The van der Waals surface area contributed by atoms with Crippen molar-refractivity contribution in [3.8, 4) is 0 Å². The molecule has 21 heavy (non-hydrogen) atoms. The van der Waals surface area contributed by atoms with Gasteiger partial charge in [0.2, 0.25) is 0 Å². The van der Waals surface area contributed by atoms with E-state index < -0.39 is 0 Å². The van der Waals surface area contributed by atoms with Gasteiger partial charge in [-0.2, -0.15) is 0 Å². The van der Waals surface area contributed by atoms with Crippen molar-refractivity contribution in [2.45, 2.75) is 17.9 Å². The molecule has 1 atom stereocenters. The summed E-state index contributed by atoms with van der Waals surface area (Å²) in [6, 6.07) is 15.4. The summed E-state index contributed by atoms with van der Waals surface area (Å²) in [6.45, 7) is 2.06. The van der Waals surface area contributed by atoms with Gasteiger partial charge in [0.1, 0.15) is 0 Å². The molecule has 5 heteroatoms. The summed E-state index contributed by atoms with van der Waals surface area (Å²) in [6.07, 6.45) is 0. The highest BCUT2D eigenvalue weighted by Gasteiger charge is 2.15. The van der Waals surface area contributed by atoms with Gasteiger partial charge in [-0.1, -0.05) is 42.0 Å². The van der Waals surface area contributed by atoms with E-state index >= 15 is 0 Å². The van der Waals surface area contributed by atoms with E-state index in [4.69, 9.17) is 0 Å². The predicted octanol–water partition coefficient (Wildman–Crippen LogP) is 3.96. The highest BCUT2D eigenvalue weighted by atomic mass is 32.2. The molecule has 0 fully saturated rings. The highest BCUT2D eigenvalue weighted by Crippen LogP contribution is 2.31. The molecule has 4 nitrogen and oxygen atoms in total. The highest BCUT2D eigenvalue weighted by molar-refractivity contribution is 7.99. The lowest BCUT2D eigenvalue weighted by Crippen LogP contribution is -2.18. The Bertz CT molecular complexity index is 614. The van der Waals surface area contributed by atoms with E-state index in [1.807, 2.05) is 13.1 Å². The lowest BCUT2D eigenvalue weighted by atomic mass is 10.1. The van der Waals surface area contributed by atoms with Gasteiger partial charge in [0.25, 0.3) is 5.69 Å². The van der Waals surface area contributed by atoms with Gasteiger partial charge in [-0.15, -0.1) is 11.8 Å². The average molecular weight is 302 g/mol. The molecule has 0 aliphatic heterocycles. The SMILES string of the molecule is CNC(CSc1ccccc1[N+](=O)[O-])c1ccc(C)cc1. The van der Waals surface area contributed by atoms with E-state index in [9.17, 15) is 10.1 Å². The molecule has 1 unspecified atom stereocenters. The van der Waals surface area contributed by atoms with Crippen molar-refractivity contribution in [1.82, 2.24) is 5.32 Å². The molecule has 2 rings (SSSR count). The monoisotopic (exact) mass is 302 g/mol. The summed E-state index contributed by atoms with van der Waals surface area (Å²) < 4.78 is 0. The van der Waals surface area contributed by atoms with Crippen LogP contribution in [0, 0.1) is 17.0 Å². The minimum Gasteiger partial charge on any atom is -0.312 e. The van der Waals surface area contributed by atoms with Gasteiger partial charge in [-0.3, -0.25) is 10.1 Å². The van der Waals surface area contributed by atoms with E-state index in [0.717, 1.165) is 5.75 Å². The number of hydrogen-bond donors (Lipinski definition) is 1. The topological polar surface area (TPSA) is 55.2 Å². The maximum absolute atomic E-state index is 11.0. The Morgan fingerprint density at radius 1 is 1.19 bits per heavy atom. The van der Waals surface area contributed by atoms with Crippen LogP contribution in [0.3, 0.4) is 0 Å². The van der Waals surface area contributed by atoms with Crippen LogP contribution >= 0.6 is 11.8 Å². The van der Waals surface area contributed by atoms with Crippen molar-refractivity contribution in [2.24, 2.45) is 0 Å². The minimum absolute atomic E-state index is 0.162. The van der Waals surface area contributed by atoms with Crippen molar-refractivity contribution in [2.75, 3.05) is 12.8 Å². The Balaban J connectivity index is 2.10. The Kier molecular flexibility index (Phi) is 5.36. The second-order valence-electron chi connectivity index (χ2n) is 4.79. The number of nitrogens with one attached hydrogen (secondary N) is 1. The lowest BCUT2D eigenvalue weighted by molar-refractivity contribution is -0.387. The van der Waals surface area contributed by atoms with Gasteiger partial charge in [0, 0.05) is 17.9 Å². The first kappa shape index (κ1) is 15.5. The quantitative estimate of drug-likeness (QED) is 0.498. The van der Waals surface area contributed by atoms with Gasteiger partial charge in [-0.05, 0) is 25.6 Å². The Morgan fingerprint density at radius 2 is 1.86 bits per heavy atom. The Hall–Kier alpha value is -1.85. The van der Waals surface area contributed by atoms with Crippen LogP contribution in [0.2, 0.25) is 0 Å². The summed E-state index contributed by atoms with van der Waals surface area (Å²) in [4.78, 5) is 11.4. The summed E-state index contributed by atoms with van der Waals surface area (Å²) in [7, 11) is 1.91. The number of hydrogen-bond acceptors (Lipinski definition) is 4. The molecule has 0 amide bonds. The molecule has 2 aromatic rings. The molecule has 0 aliphatic rings. The van der Waals surface area contributed by atoms with Crippen molar-refractivity contribution in [3.63, 3.8) is 0 Å². The van der Waals surface area contributed by atoms with Crippen LogP contribution < -0.4 is 5.32 Å². The van der Waals surface area contributed by atoms with Crippen molar-refractivity contribution in [3.05, 3.63) is 69.8 Å². The zero-order valence-corrected chi connectivity index (χ0v) is 12.9. The van der Waals surface area contributed by atoms with Crippen molar-refractivity contribution >= 4 is 17.4 Å². The summed E-state index contributed by atoms with van der Waals surface area (Å²) in [5, 5.41) is 14.3. The molecule has 0 heterocycles. The van der Waals surface area contributed by atoms with Crippen LogP contribution in [0.25, 0.3) is 0 Å². The first-order valence-electron chi connectivity index (χ1n) is 6.72. The standard InChI is InChI=1S/C16H18N2O2S/c1-12-7-9-13(10-8-12)14(17-2)11-21-16-6-4-3-5-15(16)18(19)20/h3-10,14,17H,11H2,1-2H3. The van der Waals surface area contributed by atoms with Crippen LogP contribution in [0.4, 0.5) is 5.69 Å². The molecule has 0 spiro atoms. The van der Waals surface area contributed by atoms with Crippen LogP contribution in [-0.2, 0) is 0 Å². The Labute approximate surface area is 128 Å². The largest absolute Gasteiger partial charge is 0.312 e. The average Bonchev–Trinajstić information content (AvgIpc) is 2.50. The van der Waals surface area contributed by atoms with Crippen LogP contribution in [-0.4, -0.2) is 17.7 Å². The van der Waals surface area contributed by atoms with Crippen molar-refractivity contribution in [1.29, 1.82) is 0 Å². The van der Waals surface area contributed by atoms with E-state index in [1.54, 1.807) is 18.2 Å². The van der Waals surface area contributed by atoms with Gasteiger partial charge >= 0.3 is 0 Å². The Morgan fingerprint density at radius 3 is 2.48 bits per heavy atom. The first-order chi connectivity index (χ1) is 10.1. The molecule has 1 N–H and O–H groups in total. The fourth-order valence-electron chi connectivity index (χ4n) is 2.05. The molecule has 0 aromatic heterocycles. The van der Waals surface area contributed by atoms with Crippen LogP contribution in [0.15, 0.2) is 53.4 Å². The molecule has 0 saturated heterocycles. The summed E-state index contributed by atoms with van der Waals surface area (Å²) >= 11 is 1.50. The number of nitro benzene ring substituents is 1. The van der Waals surface area contributed by atoms with Gasteiger partial charge in [0.05, 0.1) is 9.82 Å².